The van der Waals surface area contributed by atoms with Crippen molar-refractivity contribution < 1.29 is 9.47 Å². The van der Waals surface area contributed by atoms with Crippen LogP contribution in [0.1, 0.15) is 22.7 Å². The van der Waals surface area contributed by atoms with E-state index in [9.17, 15) is 0 Å². The molecule has 0 radical (unpaired) electrons. The maximum Gasteiger partial charge on any atom is 0.127 e. The Bertz CT molecular complexity index is 589. The van der Waals surface area contributed by atoms with Gasteiger partial charge < -0.3 is 9.47 Å². The fourth-order valence-electron chi connectivity index (χ4n) is 2.44. The minimum absolute atomic E-state index is 0.284. The summed E-state index contributed by atoms with van der Waals surface area (Å²) in [5.74, 6) is 7.19. The normalized spacial score (nSPS) is 12.0. The lowest BCUT2D eigenvalue weighted by atomic mass is 9.96. The Morgan fingerprint density at radius 3 is 2.19 bits per heavy atom. The topological polar surface area (TPSA) is 56.5 Å². The summed E-state index contributed by atoms with van der Waals surface area (Å²) < 4.78 is 10.9. The first-order chi connectivity index (χ1) is 10.1. The number of hydrogen-bond acceptors (Lipinski definition) is 4. The van der Waals surface area contributed by atoms with Gasteiger partial charge in [0.15, 0.2) is 0 Å². The predicted molar refractivity (Wildman–Crippen MR) is 84.9 cm³/mol. The van der Waals surface area contributed by atoms with Gasteiger partial charge in [-0.1, -0.05) is 23.7 Å². The molecule has 4 nitrogen and oxygen atoms in total. The Balaban J connectivity index is 2.60. The maximum atomic E-state index is 6.15. The Morgan fingerprint density at radius 1 is 1.10 bits per heavy atom. The van der Waals surface area contributed by atoms with Crippen molar-refractivity contribution >= 4 is 11.6 Å². The van der Waals surface area contributed by atoms with Gasteiger partial charge in [0.05, 0.1) is 25.8 Å². The third-order valence-corrected chi connectivity index (χ3v) is 3.54. The van der Waals surface area contributed by atoms with E-state index in [2.05, 4.69) is 5.43 Å². The molecule has 0 saturated heterocycles. The number of nitrogens with one attached hydrogen (secondary N) is 1. The smallest absolute Gasteiger partial charge is 0.127 e. The van der Waals surface area contributed by atoms with Crippen LogP contribution in [0.5, 0.6) is 11.5 Å². The molecule has 1 unspecified atom stereocenters. The van der Waals surface area contributed by atoms with E-state index in [1.807, 2.05) is 43.3 Å². The van der Waals surface area contributed by atoms with Gasteiger partial charge in [0.2, 0.25) is 0 Å². The molecule has 2 aromatic rings. The molecule has 1 atom stereocenters. The molecule has 0 bridgehead atoms. The fraction of sp³-hybridized carbons (Fsp3) is 0.250. The number of ether oxygens (including phenoxy) is 2. The summed E-state index contributed by atoms with van der Waals surface area (Å²) >= 11 is 6.15. The van der Waals surface area contributed by atoms with Crippen LogP contribution in [0.15, 0.2) is 36.4 Å². The molecule has 0 aliphatic carbocycles. The molecular weight excluding hydrogens is 288 g/mol. The van der Waals surface area contributed by atoms with Crippen LogP contribution in [0.4, 0.5) is 0 Å². The summed E-state index contributed by atoms with van der Waals surface area (Å²) in [4.78, 5) is 0. The lowest BCUT2D eigenvalue weighted by Gasteiger charge is -2.22. The Morgan fingerprint density at radius 2 is 1.71 bits per heavy atom. The zero-order valence-corrected chi connectivity index (χ0v) is 13.1. The number of rotatable bonds is 5. The third kappa shape index (κ3) is 3.29. The SMILES string of the molecule is COc1cccc(OC)c1C(NN)c1cc(C)cc(Cl)c1. The van der Waals surface area contributed by atoms with Gasteiger partial charge >= 0.3 is 0 Å². The number of nitrogens with two attached hydrogens (primary N) is 1. The first kappa shape index (κ1) is 15.6. The Hall–Kier alpha value is -1.75. The second-order valence-electron chi connectivity index (χ2n) is 4.74. The summed E-state index contributed by atoms with van der Waals surface area (Å²) in [6.07, 6.45) is 0. The van der Waals surface area contributed by atoms with Crippen LogP contribution in [-0.2, 0) is 0 Å². The predicted octanol–water partition coefficient (Wildman–Crippen LogP) is 3.22. The molecule has 0 aliphatic heterocycles. The van der Waals surface area contributed by atoms with Gasteiger partial charge in [-0.25, -0.2) is 5.43 Å². The molecule has 0 heterocycles. The summed E-state index contributed by atoms with van der Waals surface area (Å²) in [5.41, 5.74) is 5.67. The highest BCUT2D eigenvalue weighted by molar-refractivity contribution is 6.30. The van der Waals surface area contributed by atoms with Gasteiger partial charge in [-0.3, -0.25) is 5.84 Å². The number of benzene rings is 2. The molecule has 2 rings (SSSR count). The van der Waals surface area contributed by atoms with E-state index in [4.69, 9.17) is 26.9 Å². The summed E-state index contributed by atoms with van der Waals surface area (Å²) in [7, 11) is 3.24. The Kier molecular flexibility index (Phi) is 5.07. The Labute approximate surface area is 129 Å². The zero-order chi connectivity index (χ0) is 15.4. The minimum Gasteiger partial charge on any atom is -0.496 e. The highest BCUT2D eigenvalue weighted by atomic mass is 35.5. The molecule has 112 valence electrons. The van der Waals surface area contributed by atoms with Gasteiger partial charge in [0, 0.05) is 5.02 Å². The second kappa shape index (κ2) is 6.80. The molecule has 0 aliphatic rings. The lowest BCUT2D eigenvalue weighted by Crippen LogP contribution is -2.29. The number of methoxy groups -OCH3 is 2. The first-order valence-electron chi connectivity index (χ1n) is 6.54. The number of hydrogen-bond donors (Lipinski definition) is 2. The van der Waals surface area contributed by atoms with Crippen molar-refractivity contribution in [2.45, 2.75) is 13.0 Å². The highest BCUT2D eigenvalue weighted by Crippen LogP contribution is 2.37. The van der Waals surface area contributed by atoms with E-state index in [-0.39, 0.29) is 6.04 Å². The van der Waals surface area contributed by atoms with E-state index in [1.165, 1.54) is 0 Å². The van der Waals surface area contributed by atoms with E-state index in [0.29, 0.717) is 16.5 Å². The van der Waals surface area contributed by atoms with E-state index < -0.39 is 0 Å². The van der Waals surface area contributed by atoms with Crippen molar-refractivity contribution in [3.8, 4) is 11.5 Å². The van der Waals surface area contributed by atoms with Crippen molar-refractivity contribution in [3.05, 3.63) is 58.1 Å². The molecule has 0 amide bonds. The van der Waals surface area contributed by atoms with Crippen LogP contribution in [0.25, 0.3) is 0 Å². The van der Waals surface area contributed by atoms with Crippen molar-refractivity contribution in [3.63, 3.8) is 0 Å². The zero-order valence-electron chi connectivity index (χ0n) is 12.3. The van der Waals surface area contributed by atoms with Gasteiger partial charge in [-0.2, -0.15) is 0 Å². The fourth-order valence-corrected chi connectivity index (χ4v) is 2.74. The number of aryl methyl sites for hydroxylation is 1. The molecule has 0 saturated carbocycles. The van der Waals surface area contributed by atoms with Crippen LogP contribution in [0.3, 0.4) is 0 Å². The largest absolute Gasteiger partial charge is 0.496 e. The second-order valence-corrected chi connectivity index (χ2v) is 5.17. The van der Waals surface area contributed by atoms with E-state index in [1.54, 1.807) is 14.2 Å². The van der Waals surface area contributed by atoms with Gasteiger partial charge in [-0.15, -0.1) is 0 Å². The standard InChI is InChI=1S/C16H19ClN2O2/c1-10-7-11(9-12(17)8-10)16(19-18)15-13(20-2)5-4-6-14(15)21-3/h4-9,16,19H,18H2,1-3H3. The molecule has 2 aromatic carbocycles. The first-order valence-corrected chi connectivity index (χ1v) is 6.92. The lowest BCUT2D eigenvalue weighted by molar-refractivity contribution is 0.377. The van der Waals surface area contributed by atoms with Crippen LogP contribution in [0, 0.1) is 6.92 Å². The molecule has 3 N–H and O–H groups in total. The number of hydrazine groups is 1. The van der Waals surface area contributed by atoms with Gasteiger partial charge in [0.25, 0.3) is 0 Å². The minimum atomic E-state index is -0.284. The highest BCUT2D eigenvalue weighted by Gasteiger charge is 2.22. The van der Waals surface area contributed by atoms with Gasteiger partial charge in [0.1, 0.15) is 11.5 Å². The van der Waals surface area contributed by atoms with Crippen molar-refractivity contribution in [1.29, 1.82) is 0 Å². The molecule has 5 heteroatoms. The maximum absolute atomic E-state index is 6.15. The van der Waals surface area contributed by atoms with Crippen molar-refractivity contribution in [2.24, 2.45) is 5.84 Å². The average molecular weight is 307 g/mol. The summed E-state index contributed by atoms with van der Waals surface area (Å²) in [6, 6.07) is 11.1. The molecular formula is C16H19ClN2O2. The summed E-state index contributed by atoms with van der Waals surface area (Å²) in [5, 5.41) is 0.666. The molecule has 21 heavy (non-hydrogen) atoms. The van der Waals surface area contributed by atoms with Gasteiger partial charge in [-0.05, 0) is 42.3 Å². The summed E-state index contributed by atoms with van der Waals surface area (Å²) in [6.45, 7) is 1.99. The van der Waals surface area contributed by atoms with Crippen molar-refractivity contribution in [2.75, 3.05) is 14.2 Å². The van der Waals surface area contributed by atoms with Crippen LogP contribution in [-0.4, -0.2) is 14.2 Å². The van der Waals surface area contributed by atoms with Crippen molar-refractivity contribution in [1.82, 2.24) is 5.43 Å². The number of halogens is 1. The average Bonchev–Trinajstić information content (AvgIpc) is 2.47. The quantitative estimate of drug-likeness (QED) is 0.658. The molecule has 0 fully saturated rings. The van der Waals surface area contributed by atoms with E-state index >= 15 is 0 Å². The third-order valence-electron chi connectivity index (χ3n) is 3.32. The van der Waals surface area contributed by atoms with Crippen LogP contribution >= 0.6 is 11.6 Å². The van der Waals surface area contributed by atoms with E-state index in [0.717, 1.165) is 16.7 Å². The molecule has 0 spiro atoms. The van der Waals surface area contributed by atoms with Crippen LogP contribution < -0.4 is 20.7 Å². The van der Waals surface area contributed by atoms with Crippen LogP contribution in [0.2, 0.25) is 5.02 Å². The monoisotopic (exact) mass is 306 g/mol. The molecule has 0 aromatic heterocycles.